The van der Waals surface area contributed by atoms with E-state index in [1.54, 1.807) is 37.1 Å². The van der Waals surface area contributed by atoms with Gasteiger partial charge in [0.1, 0.15) is 17.1 Å². The molecule has 2 aromatic rings. The Bertz CT molecular complexity index is 1120. The fourth-order valence-corrected chi connectivity index (χ4v) is 4.52. The van der Waals surface area contributed by atoms with E-state index in [-0.39, 0.29) is 41.5 Å². The fraction of sp³-hybridized carbons (Fsp3) is 0.520. The first-order valence-corrected chi connectivity index (χ1v) is 12.0. The van der Waals surface area contributed by atoms with Gasteiger partial charge in [0.15, 0.2) is 5.69 Å². The number of halogens is 1. The number of hydrogen-bond donors (Lipinski definition) is 1. The summed E-state index contributed by atoms with van der Waals surface area (Å²) < 4.78 is 15.6. The number of aromatic nitrogens is 2. The van der Waals surface area contributed by atoms with Crippen molar-refractivity contribution in [3.63, 3.8) is 0 Å². The number of carbonyl (C=O) groups is 3. The molecule has 35 heavy (non-hydrogen) atoms. The van der Waals surface area contributed by atoms with Gasteiger partial charge in [0.05, 0.1) is 12.2 Å². The molecule has 0 radical (unpaired) electrons. The SMILES string of the molecule is CC(C)CCNC(=O)C1(C)Cn2nc(C(=O)N3CCN(c4ccccc4F)CC3)cc2C(=O)N1C. The van der Waals surface area contributed by atoms with Crippen molar-refractivity contribution in [1.82, 2.24) is 24.9 Å². The molecular weight excluding hydrogens is 451 g/mol. The summed E-state index contributed by atoms with van der Waals surface area (Å²) in [5.41, 5.74) is -0.130. The number of para-hydroxylation sites is 1. The molecule has 1 saturated heterocycles. The predicted molar refractivity (Wildman–Crippen MR) is 130 cm³/mol. The number of anilines is 1. The zero-order chi connectivity index (χ0) is 25.3. The number of fused-ring (bicyclic) bond motifs is 1. The number of piperazine rings is 1. The van der Waals surface area contributed by atoms with Crippen molar-refractivity contribution in [3.05, 3.63) is 47.5 Å². The highest BCUT2D eigenvalue weighted by Crippen LogP contribution is 2.27. The molecule has 1 fully saturated rings. The number of nitrogens with one attached hydrogen (secondary N) is 1. The Kier molecular flexibility index (Phi) is 6.82. The van der Waals surface area contributed by atoms with E-state index in [1.165, 1.54) is 21.7 Å². The Morgan fingerprint density at radius 3 is 2.51 bits per heavy atom. The molecule has 10 heteroatoms. The monoisotopic (exact) mass is 484 g/mol. The van der Waals surface area contributed by atoms with Gasteiger partial charge in [-0.25, -0.2) is 4.39 Å². The van der Waals surface area contributed by atoms with Crippen LogP contribution in [0.2, 0.25) is 0 Å². The first-order valence-electron chi connectivity index (χ1n) is 12.0. The highest BCUT2D eigenvalue weighted by molar-refractivity contribution is 6.01. The van der Waals surface area contributed by atoms with E-state index < -0.39 is 5.54 Å². The molecule has 0 saturated carbocycles. The summed E-state index contributed by atoms with van der Waals surface area (Å²) in [4.78, 5) is 44.2. The number of hydrogen-bond acceptors (Lipinski definition) is 5. The van der Waals surface area contributed by atoms with Crippen molar-refractivity contribution in [3.8, 4) is 0 Å². The van der Waals surface area contributed by atoms with Gasteiger partial charge in [-0.15, -0.1) is 0 Å². The standard InChI is InChI=1S/C25H33FN6O3/c1-17(2)9-10-27-24(35)25(3)16-32-21(23(34)29(25)4)15-19(28-32)22(33)31-13-11-30(12-14-31)20-8-6-5-7-18(20)26/h5-8,15,17H,9-14,16H2,1-4H3,(H,27,35). The summed E-state index contributed by atoms with van der Waals surface area (Å²) in [7, 11) is 1.60. The largest absolute Gasteiger partial charge is 0.366 e. The van der Waals surface area contributed by atoms with E-state index in [0.29, 0.717) is 44.3 Å². The van der Waals surface area contributed by atoms with Gasteiger partial charge in [0.25, 0.3) is 11.8 Å². The lowest BCUT2D eigenvalue weighted by atomic mass is 9.95. The van der Waals surface area contributed by atoms with E-state index >= 15 is 0 Å². The third-order valence-corrected chi connectivity index (χ3v) is 6.98. The van der Waals surface area contributed by atoms with Crippen LogP contribution in [0.25, 0.3) is 0 Å². The number of amides is 3. The number of carbonyl (C=O) groups excluding carboxylic acids is 3. The molecule has 188 valence electrons. The van der Waals surface area contributed by atoms with Crippen molar-refractivity contribution >= 4 is 23.4 Å². The Balaban J connectivity index is 1.45. The molecular formula is C25H33FN6O3. The van der Waals surface area contributed by atoms with E-state index in [1.807, 2.05) is 4.90 Å². The summed E-state index contributed by atoms with van der Waals surface area (Å²) >= 11 is 0. The first-order chi connectivity index (χ1) is 16.6. The molecule has 2 aliphatic rings. The minimum atomic E-state index is -1.11. The van der Waals surface area contributed by atoms with Gasteiger partial charge in [-0.1, -0.05) is 26.0 Å². The van der Waals surface area contributed by atoms with Crippen molar-refractivity contribution < 1.29 is 18.8 Å². The molecule has 2 aliphatic heterocycles. The van der Waals surface area contributed by atoms with E-state index in [9.17, 15) is 18.8 Å². The van der Waals surface area contributed by atoms with E-state index in [0.717, 1.165) is 6.42 Å². The summed E-state index contributed by atoms with van der Waals surface area (Å²) in [6, 6.07) is 8.10. The molecule has 0 spiro atoms. The van der Waals surface area contributed by atoms with Crippen LogP contribution in [0.15, 0.2) is 30.3 Å². The minimum absolute atomic E-state index is 0.159. The third kappa shape index (κ3) is 4.74. The van der Waals surface area contributed by atoms with Crippen LogP contribution in [-0.4, -0.2) is 82.6 Å². The van der Waals surface area contributed by atoms with Crippen LogP contribution in [0.4, 0.5) is 10.1 Å². The first kappa shape index (κ1) is 24.7. The Hall–Kier alpha value is -3.43. The Labute approximate surface area is 204 Å². The molecule has 0 bridgehead atoms. The molecule has 1 N–H and O–H groups in total. The maximum Gasteiger partial charge on any atom is 0.274 e. The number of nitrogens with zero attached hydrogens (tertiary/aromatic N) is 5. The van der Waals surface area contributed by atoms with E-state index in [4.69, 9.17) is 0 Å². The van der Waals surface area contributed by atoms with Crippen LogP contribution in [0.1, 0.15) is 48.2 Å². The molecule has 1 aromatic carbocycles. The Morgan fingerprint density at radius 2 is 1.86 bits per heavy atom. The molecule has 3 amide bonds. The summed E-state index contributed by atoms with van der Waals surface area (Å²) in [5.74, 6) is -0.707. The smallest absolute Gasteiger partial charge is 0.274 e. The van der Waals surface area contributed by atoms with Gasteiger partial charge < -0.3 is 20.0 Å². The quantitative estimate of drug-likeness (QED) is 0.677. The molecule has 1 unspecified atom stereocenters. The van der Waals surface area contributed by atoms with Gasteiger partial charge in [-0.2, -0.15) is 5.10 Å². The molecule has 4 rings (SSSR count). The maximum absolute atomic E-state index is 14.1. The zero-order valence-electron chi connectivity index (χ0n) is 20.8. The van der Waals surface area contributed by atoms with Crippen LogP contribution in [0, 0.1) is 11.7 Å². The van der Waals surface area contributed by atoms with Crippen molar-refractivity contribution in [1.29, 1.82) is 0 Å². The van der Waals surface area contributed by atoms with Crippen LogP contribution in [0.3, 0.4) is 0 Å². The predicted octanol–water partition coefficient (Wildman–Crippen LogP) is 1.99. The maximum atomic E-state index is 14.1. The van der Waals surface area contributed by atoms with Crippen LogP contribution in [0.5, 0.6) is 0 Å². The fourth-order valence-electron chi connectivity index (χ4n) is 4.52. The molecule has 1 atom stereocenters. The van der Waals surface area contributed by atoms with E-state index in [2.05, 4.69) is 24.3 Å². The summed E-state index contributed by atoms with van der Waals surface area (Å²) in [5, 5.41) is 7.34. The normalized spacial score (nSPS) is 20.3. The van der Waals surface area contributed by atoms with Gasteiger partial charge in [-0.3, -0.25) is 19.1 Å². The van der Waals surface area contributed by atoms with Gasteiger partial charge in [0.2, 0.25) is 5.91 Å². The van der Waals surface area contributed by atoms with Gasteiger partial charge in [-0.05, 0) is 31.4 Å². The number of benzene rings is 1. The van der Waals surface area contributed by atoms with Gasteiger partial charge in [0, 0.05) is 45.8 Å². The average molecular weight is 485 g/mol. The highest BCUT2D eigenvalue weighted by Gasteiger charge is 2.46. The second-order valence-electron chi connectivity index (χ2n) is 9.88. The number of rotatable bonds is 6. The van der Waals surface area contributed by atoms with Crippen molar-refractivity contribution in [2.75, 3.05) is 44.7 Å². The summed E-state index contributed by atoms with van der Waals surface area (Å²) in [6.45, 7) is 8.39. The molecule has 3 heterocycles. The lowest BCUT2D eigenvalue weighted by Gasteiger charge is -2.40. The summed E-state index contributed by atoms with van der Waals surface area (Å²) in [6.07, 6.45) is 0.843. The third-order valence-electron chi connectivity index (χ3n) is 6.98. The van der Waals surface area contributed by atoms with Crippen LogP contribution < -0.4 is 10.2 Å². The topological polar surface area (TPSA) is 90.8 Å². The Morgan fingerprint density at radius 1 is 1.17 bits per heavy atom. The molecule has 9 nitrogen and oxygen atoms in total. The zero-order valence-corrected chi connectivity index (χ0v) is 20.8. The van der Waals surface area contributed by atoms with Crippen LogP contribution >= 0.6 is 0 Å². The average Bonchev–Trinajstić information content (AvgIpc) is 3.26. The molecule has 1 aromatic heterocycles. The van der Waals surface area contributed by atoms with Crippen LogP contribution in [-0.2, 0) is 11.3 Å². The second kappa shape index (κ2) is 9.67. The molecule has 0 aliphatic carbocycles. The van der Waals surface area contributed by atoms with Crippen molar-refractivity contribution in [2.24, 2.45) is 5.92 Å². The van der Waals surface area contributed by atoms with Gasteiger partial charge >= 0.3 is 0 Å². The highest BCUT2D eigenvalue weighted by atomic mass is 19.1. The lowest BCUT2D eigenvalue weighted by Crippen LogP contribution is -2.62. The number of likely N-dealkylation sites (N-methyl/N-ethyl adjacent to an activating group) is 1. The lowest BCUT2D eigenvalue weighted by molar-refractivity contribution is -0.132. The second-order valence-corrected chi connectivity index (χ2v) is 9.88. The minimum Gasteiger partial charge on any atom is -0.366 e. The van der Waals surface area contributed by atoms with Crippen molar-refractivity contribution in [2.45, 2.75) is 39.3 Å².